The third-order valence-electron chi connectivity index (χ3n) is 5.27. The molecule has 1 aromatic carbocycles. The van der Waals surface area contributed by atoms with Crippen LogP contribution in [0.3, 0.4) is 0 Å². The van der Waals surface area contributed by atoms with E-state index in [4.69, 9.17) is 4.99 Å². The zero-order chi connectivity index (χ0) is 20.5. The molecule has 0 spiro atoms. The van der Waals surface area contributed by atoms with Gasteiger partial charge in [-0.05, 0) is 49.9 Å². The Hall–Kier alpha value is -2.21. The highest BCUT2D eigenvalue weighted by Gasteiger charge is 2.26. The van der Waals surface area contributed by atoms with Crippen molar-refractivity contribution in [3.05, 3.63) is 54.2 Å². The Morgan fingerprint density at radius 1 is 1.21 bits per heavy atom. The number of aromatic nitrogens is 1. The summed E-state index contributed by atoms with van der Waals surface area (Å²) in [5, 5.41) is 7.24. The number of nitrogens with zero attached hydrogens (tertiary/aromatic N) is 2. The fourth-order valence-corrected chi connectivity index (χ4v) is 5.14. The maximum Gasteiger partial charge on any atom is 0.191 e. The Labute approximate surface area is 176 Å². The van der Waals surface area contributed by atoms with E-state index in [9.17, 15) is 4.21 Å². The second-order valence-corrected chi connectivity index (χ2v) is 9.42. The van der Waals surface area contributed by atoms with Gasteiger partial charge < -0.3 is 10.6 Å². The Bertz CT molecular complexity index is 825. The first-order chi connectivity index (χ1) is 14.2. The molecular formula is C23H32N4OS. The van der Waals surface area contributed by atoms with Crippen LogP contribution in [0.1, 0.15) is 45.1 Å². The number of aliphatic imine (C=N–C) groups is 1. The number of pyridine rings is 1. The highest BCUT2D eigenvalue weighted by atomic mass is 32.2. The first-order valence-electron chi connectivity index (χ1n) is 10.6. The maximum absolute atomic E-state index is 12.2. The van der Waals surface area contributed by atoms with Crippen LogP contribution >= 0.6 is 0 Å². The van der Waals surface area contributed by atoms with E-state index in [1.165, 1.54) is 0 Å². The van der Waals surface area contributed by atoms with E-state index in [1.54, 1.807) is 0 Å². The Kier molecular flexibility index (Phi) is 8.23. The Balaban J connectivity index is 1.66. The van der Waals surface area contributed by atoms with Gasteiger partial charge in [-0.3, -0.25) is 9.19 Å². The fourth-order valence-electron chi connectivity index (χ4n) is 3.80. The highest BCUT2D eigenvalue weighted by molar-refractivity contribution is 7.85. The van der Waals surface area contributed by atoms with Crippen molar-refractivity contribution in [1.82, 2.24) is 15.6 Å². The Morgan fingerprint density at radius 3 is 2.86 bits per heavy atom. The first-order valence-corrected chi connectivity index (χ1v) is 12.0. The van der Waals surface area contributed by atoms with Crippen LogP contribution < -0.4 is 10.6 Å². The van der Waals surface area contributed by atoms with Gasteiger partial charge in [0.25, 0.3) is 0 Å². The van der Waals surface area contributed by atoms with Gasteiger partial charge in [-0.15, -0.1) is 0 Å². The van der Waals surface area contributed by atoms with Crippen LogP contribution in [0.15, 0.2) is 53.7 Å². The van der Waals surface area contributed by atoms with Crippen molar-refractivity contribution in [2.45, 2.75) is 57.4 Å². The van der Waals surface area contributed by atoms with E-state index in [0.717, 1.165) is 60.8 Å². The minimum atomic E-state index is -0.713. The normalized spacial score (nSPS) is 20.8. The lowest BCUT2D eigenvalue weighted by Gasteiger charge is -2.30. The van der Waals surface area contributed by atoms with Gasteiger partial charge in [-0.2, -0.15) is 0 Å². The summed E-state index contributed by atoms with van der Waals surface area (Å²) in [6.45, 7) is 5.51. The zero-order valence-electron chi connectivity index (χ0n) is 17.4. The van der Waals surface area contributed by atoms with Gasteiger partial charge in [0.05, 0.1) is 12.2 Å². The average molecular weight is 413 g/mol. The van der Waals surface area contributed by atoms with E-state index >= 15 is 0 Å². The minimum Gasteiger partial charge on any atom is -0.357 e. The van der Waals surface area contributed by atoms with Crippen LogP contribution in [0, 0.1) is 0 Å². The lowest BCUT2D eigenvalue weighted by Crippen LogP contribution is -2.46. The second-order valence-electron chi connectivity index (χ2n) is 7.41. The summed E-state index contributed by atoms with van der Waals surface area (Å²) < 4.78 is 12.2. The summed E-state index contributed by atoms with van der Waals surface area (Å²) >= 11 is 0. The van der Waals surface area contributed by atoms with Gasteiger partial charge >= 0.3 is 0 Å². The molecule has 29 heavy (non-hydrogen) atoms. The average Bonchev–Trinajstić information content (AvgIpc) is 2.78. The van der Waals surface area contributed by atoms with Crippen LogP contribution in [-0.4, -0.2) is 38.7 Å². The van der Waals surface area contributed by atoms with Crippen molar-refractivity contribution in [1.29, 1.82) is 0 Å². The van der Waals surface area contributed by atoms with Crippen molar-refractivity contribution in [3.63, 3.8) is 0 Å². The molecule has 0 saturated heterocycles. The number of guanidine groups is 1. The number of benzene rings is 1. The van der Waals surface area contributed by atoms with E-state index in [1.807, 2.05) is 31.3 Å². The molecule has 1 heterocycles. The van der Waals surface area contributed by atoms with Crippen LogP contribution in [0.2, 0.25) is 0 Å². The smallest absolute Gasteiger partial charge is 0.191 e. The van der Waals surface area contributed by atoms with Crippen LogP contribution in [0.4, 0.5) is 0 Å². The second kappa shape index (κ2) is 11.1. The van der Waals surface area contributed by atoms with Crippen molar-refractivity contribution in [2.75, 3.05) is 12.3 Å². The van der Waals surface area contributed by atoms with Crippen LogP contribution in [-0.2, 0) is 17.3 Å². The summed E-state index contributed by atoms with van der Waals surface area (Å²) in [5.74, 6) is 1.58. The molecule has 3 rings (SSSR count). The van der Waals surface area contributed by atoms with Gasteiger partial charge in [0, 0.05) is 46.1 Å². The topological polar surface area (TPSA) is 66.4 Å². The molecule has 1 aliphatic rings. The van der Waals surface area contributed by atoms with Crippen molar-refractivity contribution in [2.24, 2.45) is 4.99 Å². The molecule has 1 saturated carbocycles. The van der Waals surface area contributed by atoms with Crippen LogP contribution in [0.5, 0.6) is 0 Å². The first kappa shape index (κ1) is 21.5. The fraction of sp³-hybridized carbons (Fsp3) is 0.478. The Morgan fingerprint density at radius 2 is 2.10 bits per heavy atom. The number of hydrogen-bond donors (Lipinski definition) is 2. The molecule has 1 aromatic heterocycles. The molecule has 6 heteroatoms. The summed E-state index contributed by atoms with van der Waals surface area (Å²) in [7, 11) is -0.713. The minimum absolute atomic E-state index is 0.309. The summed E-state index contributed by atoms with van der Waals surface area (Å²) in [6.07, 6.45) is 6.08. The quantitative estimate of drug-likeness (QED) is 0.535. The van der Waals surface area contributed by atoms with E-state index < -0.39 is 10.8 Å². The molecule has 0 amide bonds. The molecule has 3 atom stereocenters. The molecule has 0 bridgehead atoms. The molecular weight excluding hydrogens is 380 g/mol. The molecule has 1 aliphatic carbocycles. The van der Waals surface area contributed by atoms with Crippen LogP contribution in [0.25, 0.3) is 11.3 Å². The molecule has 2 aromatic rings. The van der Waals surface area contributed by atoms with Crippen molar-refractivity contribution in [3.8, 4) is 11.3 Å². The largest absolute Gasteiger partial charge is 0.357 e. The van der Waals surface area contributed by atoms with E-state index in [-0.39, 0.29) is 0 Å². The summed E-state index contributed by atoms with van der Waals surface area (Å²) in [5.41, 5.74) is 3.23. The SMILES string of the molecule is CCNC(=NCc1cccc(-c2ccccn2)c1)NC1CCCC(S(=O)CC)C1. The van der Waals surface area contributed by atoms with E-state index in [2.05, 4.69) is 46.8 Å². The molecule has 2 N–H and O–H groups in total. The maximum atomic E-state index is 12.2. The number of hydrogen-bond acceptors (Lipinski definition) is 3. The highest BCUT2D eigenvalue weighted by Crippen LogP contribution is 2.23. The molecule has 156 valence electrons. The standard InChI is InChI=1S/C23H32N4OS/c1-3-24-23(27-20-11-8-12-21(16-20)29(28)4-2)26-17-18-9-7-10-19(15-18)22-13-5-6-14-25-22/h5-7,9-10,13-15,20-21H,3-4,8,11-12,16-17H2,1-2H3,(H2,24,26,27). The molecule has 0 aliphatic heterocycles. The monoisotopic (exact) mass is 412 g/mol. The third kappa shape index (κ3) is 6.39. The van der Waals surface area contributed by atoms with Crippen molar-refractivity contribution >= 4 is 16.8 Å². The predicted molar refractivity (Wildman–Crippen MR) is 122 cm³/mol. The molecule has 0 radical (unpaired) electrons. The number of nitrogens with one attached hydrogen (secondary N) is 2. The van der Waals surface area contributed by atoms with Gasteiger partial charge in [0.15, 0.2) is 5.96 Å². The van der Waals surface area contributed by atoms with Gasteiger partial charge in [0.2, 0.25) is 0 Å². The van der Waals surface area contributed by atoms with Crippen molar-refractivity contribution < 1.29 is 4.21 Å². The lowest BCUT2D eigenvalue weighted by molar-refractivity contribution is 0.413. The molecule has 5 nitrogen and oxygen atoms in total. The van der Waals surface area contributed by atoms with Gasteiger partial charge in [-0.1, -0.05) is 37.6 Å². The molecule has 3 unspecified atom stereocenters. The summed E-state index contributed by atoms with van der Waals surface area (Å²) in [4.78, 5) is 9.24. The summed E-state index contributed by atoms with van der Waals surface area (Å²) in [6, 6.07) is 14.7. The lowest BCUT2D eigenvalue weighted by atomic mass is 9.95. The zero-order valence-corrected chi connectivity index (χ0v) is 18.3. The van der Waals surface area contributed by atoms with Gasteiger partial charge in [-0.25, -0.2) is 4.99 Å². The predicted octanol–water partition coefficient (Wildman–Crippen LogP) is 3.88. The van der Waals surface area contributed by atoms with Gasteiger partial charge in [0.1, 0.15) is 0 Å². The molecule has 1 fully saturated rings. The van der Waals surface area contributed by atoms with E-state index in [0.29, 0.717) is 17.8 Å². The number of rotatable bonds is 7. The third-order valence-corrected chi connectivity index (χ3v) is 7.02.